The maximum atomic E-state index is 10.9. The summed E-state index contributed by atoms with van der Waals surface area (Å²) in [4.78, 5) is 13.1. The highest BCUT2D eigenvalue weighted by atomic mass is 16.5. The van der Waals surface area contributed by atoms with Crippen molar-refractivity contribution in [2.75, 3.05) is 20.2 Å². The Morgan fingerprint density at radius 3 is 3.11 bits per heavy atom. The van der Waals surface area contributed by atoms with Gasteiger partial charge in [-0.2, -0.15) is 5.26 Å². The molecule has 0 aliphatic carbocycles. The first kappa shape index (κ1) is 13.6. The highest BCUT2D eigenvalue weighted by molar-refractivity contribution is 5.54. The molecule has 1 fully saturated rings. The van der Waals surface area contributed by atoms with Crippen molar-refractivity contribution in [1.29, 1.82) is 5.26 Å². The first-order valence-electron chi connectivity index (χ1n) is 6.51. The van der Waals surface area contributed by atoms with E-state index in [1.165, 1.54) is 0 Å². The van der Waals surface area contributed by atoms with E-state index in [9.17, 15) is 4.79 Å². The van der Waals surface area contributed by atoms with Crippen LogP contribution >= 0.6 is 0 Å². The topological polar surface area (TPSA) is 53.3 Å². The molecule has 100 valence electrons. The van der Waals surface area contributed by atoms with Crippen LogP contribution in [0, 0.1) is 17.2 Å². The summed E-state index contributed by atoms with van der Waals surface area (Å²) in [5.74, 6) is 0.936. The van der Waals surface area contributed by atoms with Crippen LogP contribution in [0.1, 0.15) is 24.0 Å². The normalized spacial score (nSPS) is 19.7. The van der Waals surface area contributed by atoms with Crippen molar-refractivity contribution in [1.82, 2.24) is 4.90 Å². The number of carbonyl (C=O) groups is 1. The standard InChI is InChI=1S/C15H18N2O2/c1-19-15-5-4-12(8-16)7-14(15)10-17-6-2-3-13(9-17)11-18/h4-5,7,11,13H,2-3,6,9-10H2,1H3. The number of benzene rings is 1. The molecule has 1 aromatic rings. The van der Waals surface area contributed by atoms with Gasteiger partial charge in [-0.15, -0.1) is 0 Å². The van der Waals surface area contributed by atoms with Crippen LogP contribution in [0.3, 0.4) is 0 Å². The van der Waals surface area contributed by atoms with Gasteiger partial charge >= 0.3 is 0 Å². The van der Waals surface area contributed by atoms with Crippen molar-refractivity contribution in [2.24, 2.45) is 5.92 Å². The number of methoxy groups -OCH3 is 1. The molecular weight excluding hydrogens is 240 g/mol. The molecule has 1 aliphatic heterocycles. The summed E-state index contributed by atoms with van der Waals surface area (Å²) in [6.45, 7) is 2.51. The van der Waals surface area contributed by atoms with Crippen molar-refractivity contribution >= 4 is 6.29 Å². The summed E-state index contributed by atoms with van der Waals surface area (Å²) < 4.78 is 5.33. The number of carbonyl (C=O) groups excluding carboxylic acids is 1. The molecule has 0 amide bonds. The summed E-state index contributed by atoms with van der Waals surface area (Å²) in [5.41, 5.74) is 1.65. The van der Waals surface area contributed by atoms with E-state index in [2.05, 4.69) is 11.0 Å². The van der Waals surface area contributed by atoms with Crippen LogP contribution in [0.4, 0.5) is 0 Å². The lowest BCUT2D eigenvalue weighted by Gasteiger charge is -2.30. The molecule has 0 aromatic heterocycles. The van der Waals surface area contributed by atoms with E-state index in [1.54, 1.807) is 13.2 Å². The van der Waals surface area contributed by atoms with Crippen molar-refractivity contribution in [3.63, 3.8) is 0 Å². The second-order valence-electron chi connectivity index (χ2n) is 4.91. The van der Waals surface area contributed by atoms with Crippen molar-refractivity contribution in [3.05, 3.63) is 29.3 Å². The monoisotopic (exact) mass is 258 g/mol. The van der Waals surface area contributed by atoms with Gasteiger partial charge in [-0.05, 0) is 37.6 Å². The van der Waals surface area contributed by atoms with Crippen molar-refractivity contribution in [3.8, 4) is 11.8 Å². The molecule has 1 atom stereocenters. The van der Waals surface area contributed by atoms with E-state index in [1.807, 2.05) is 12.1 Å². The number of hydrogen-bond donors (Lipinski definition) is 0. The molecule has 19 heavy (non-hydrogen) atoms. The maximum Gasteiger partial charge on any atom is 0.124 e. The molecule has 4 nitrogen and oxygen atoms in total. The third-order valence-electron chi connectivity index (χ3n) is 3.54. The number of ether oxygens (including phenoxy) is 1. The number of rotatable bonds is 4. The Kier molecular flexibility index (Phi) is 4.53. The minimum absolute atomic E-state index is 0.138. The van der Waals surface area contributed by atoms with Crippen LogP contribution in [0.25, 0.3) is 0 Å². The quantitative estimate of drug-likeness (QED) is 0.775. The van der Waals surface area contributed by atoms with Gasteiger partial charge in [0.05, 0.1) is 18.7 Å². The molecule has 0 N–H and O–H groups in total. The summed E-state index contributed by atoms with van der Waals surface area (Å²) in [5, 5.41) is 8.96. The molecular formula is C15H18N2O2. The summed E-state index contributed by atoms with van der Waals surface area (Å²) >= 11 is 0. The van der Waals surface area contributed by atoms with Gasteiger partial charge in [-0.3, -0.25) is 4.90 Å². The Balaban J connectivity index is 2.13. The summed E-state index contributed by atoms with van der Waals surface area (Å²) in [7, 11) is 1.63. The van der Waals surface area contributed by atoms with E-state index in [0.717, 1.165) is 50.1 Å². The van der Waals surface area contributed by atoms with Crippen molar-refractivity contribution < 1.29 is 9.53 Å². The van der Waals surface area contributed by atoms with Crippen LogP contribution in [0.5, 0.6) is 5.75 Å². The molecule has 0 radical (unpaired) electrons. The third kappa shape index (κ3) is 3.33. The van der Waals surface area contributed by atoms with Gasteiger partial charge in [-0.1, -0.05) is 0 Å². The fourth-order valence-corrected chi connectivity index (χ4v) is 2.56. The predicted octanol–water partition coefficient (Wildman–Crippen LogP) is 1.98. The number of aldehydes is 1. The van der Waals surface area contributed by atoms with E-state index < -0.39 is 0 Å². The van der Waals surface area contributed by atoms with Crippen LogP contribution in [-0.4, -0.2) is 31.4 Å². The molecule has 1 aromatic carbocycles. The SMILES string of the molecule is COc1ccc(C#N)cc1CN1CCCC(C=O)C1. The van der Waals surface area contributed by atoms with Crippen LogP contribution < -0.4 is 4.74 Å². The van der Waals surface area contributed by atoms with E-state index in [-0.39, 0.29) is 5.92 Å². The van der Waals surface area contributed by atoms with Gasteiger partial charge in [0, 0.05) is 24.6 Å². The van der Waals surface area contributed by atoms with E-state index >= 15 is 0 Å². The molecule has 0 spiro atoms. The highest BCUT2D eigenvalue weighted by Crippen LogP contribution is 2.24. The number of likely N-dealkylation sites (tertiary alicyclic amines) is 1. The molecule has 1 heterocycles. The fraction of sp³-hybridized carbons (Fsp3) is 0.467. The lowest BCUT2D eigenvalue weighted by Crippen LogP contribution is -2.35. The molecule has 1 unspecified atom stereocenters. The van der Waals surface area contributed by atoms with Gasteiger partial charge in [-0.25, -0.2) is 0 Å². The average Bonchev–Trinajstić information content (AvgIpc) is 2.47. The highest BCUT2D eigenvalue weighted by Gasteiger charge is 2.20. The Bertz CT molecular complexity index is 493. The van der Waals surface area contributed by atoms with Gasteiger partial charge in [0.15, 0.2) is 0 Å². The van der Waals surface area contributed by atoms with Crippen LogP contribution in [0.2, 0.25) is 0 Å². The minimum atomic E-state index is 0.138. The zero-order valence-electron chi connectivity index (χ0n) is 11.1. The van der Waals surface area contributed by atoms with Gasteiger partial charge < -0.3 is 9.53 Å². The molecule has 1 saturated heterocycles. The number of piperidine rings is 1. The maximum absolute atomic E-state index is 10.9. The second-order valence-corrected chi connectivity index (χ2v) is 4.91. The second kappa shape index (κ2) is 6.35. The molecule has 2 rings (SSSR count). The molecule has 0 bridgehead atoms. The third-order valence-corrected chi connectivity index (χ3v) is 3.54. The van der Waals surface area contributed by atoms with Gasteiger partial charge in [0.25, 0.3) is 0 Å². The van der Waals surface area contributed by atoms with E-state index in [4.69, 9.17) is 10.00 Å². The Morgan fingerprint density at radius 1 is 1.58 bits per heavy atom. The first-order valence-corrected chi connectivity index (χ1v) is 6.51. The Labute approximate surface area is 113 Å². The van der Waals surface area contributed by atoms with Gasteiger partial charge in [0.2, 0.25) is 0 Å². The van der Waals surface area contributed by atoms with Crippen molar-refractivity contribution in [2.45, 2.75) is 19.4 Å². The van der Waals surface area contributed by atoms with Gasteiger partial charge in [0.1, 0.15) is 12.0 Å². The summed E-state index contributed by atoms with van der Waals surface area (Å²) in [6.07, 6.45) is 3.08. The average molecular weight is 258 g/mol. The smallest absolute Gasteiger partial charge is 0.124 e. The zero-order chi connectivity index (χ0) is 13.7. The largest absolute Gasteiger partial charge is 0.496 e. The number of nitriles is 1. The fourth-order valence-electron chi connectivity index (χ4n) is 2.56. The lowest BCUT2D eigenvalue weighted by atomic mass is 9.99. The Morgan fingerprint density at radius 2 is 2.42 bits per heavy atom. The van der Waals surface area contributed by atoms with E-state index in [0.29, 0.717) is 5.56 Å². The number of hydrogen-bond acceptors (Lipinski definition) is 4. The molecule has 0 saturated carbocycles. The molecule has 4 heteroatoms. The molecule has 1 aliphatic rings. The summed E-state index contributed by atoms with van der Waals surface area (Å²) in [6, 6.07) is 7.60. The van der Waals surface area contributed by atoms with Crippen LogP contribution in [0.15, 0.2) is 18.2 Å². The number of nitrogens with zero attached hydrogens (tertiary/aromatic N) is 2. The lowest BCUT2D eigenvalue weighted by molar-refractivity contribution is -0.112. The minimum Gasteiger partial charge on any atom is -0.496 e. The Hall–Kier alpha value is -1.86. The van der Waals surface area contributed by atoms with Crippen LogP contribution in [-0.2, 0) is 11.3 Å². The zero-order valence-corrected chi connectivity index (χ0v) is 11.1. The first-order chi connectivity index (χ1) is 9.26. The predicted molar refractivity (Wildman–Crippen MR) is 71.8 cm³/mol.